The smallest absolute Gasteiger partial charge is 0.0443 e. The summed E-state index contributed by atoms with van der Waals surface area (Å²) in [5.74, 6) is 0.853. The van der Waals surface area contributed by atoms with E-state index in [0.29, 0.717) is 6.04 Å². The molecule has 1 fully saturated rings. The van der Waals surface area contributed by atoms with Gasteiger partial charge in [-0.3, -0.25) is 0 Å². The molecule has 0 spiro atoms. The molecule has 0 saturated heterocycles. The second kappa shape index (κ2) is 7.44. The van der Waals surface area contributed by atoms with Gasteiger partial charge in [0.25, 0.3) is 0 Å². The summed E-state index contributed by atoms with van der Waals surface area (Å²) in [7, 11) is 0. The highest BCUT2D eigenvalue weighted by Crippen LogP contribution is 2.37. The lowest BCUT2D eigenvalue weighted by molar-refractivity contribution is 0.330. The van der Waals surface area contributed by atoms with Gasteiger partial charge in [-0.2, -0.15) is 0 Å². The Bertz CT molecular complexity index is 355. The van der Waals surface area contributed by atoms with Gasteiger partial charge in [-0.05, 0) is 57.2 Å². The van der Waals surface area contributed by atoms with Gasteiger partial charge in [0.2, 0.25) is 0 Å². The number of rotatable bonds is 5. The second-order valence-corrected chi connectivity index (χ2v) is 7.36. The number of hydrogen-bond donors (Lipinski definition) is 1. The third-order valence-electron chi connectivity index (χ3n) is 4.48. The molecule has 1 aromatic heterocycles. The summed E-state index contributed by atoms with van der Waals surface area (Å²) in [5.41, 5.74) is 1.47. The Morgan fingerprint density at radius 2 is 1.89 bits per heavy atom. The first-order valence-corrected chi connectivity index (χ1v) is 8.84. The molecule has 1 aliphatic rings. The fourth-order valence-corrected chi connectivity index (χ4v) is 4.41. The van der Waals surface area contributed by atoms with E-state index >= 15 is 0 Å². The van der Waals surface area contributed by atoms with E-state index in [1.807, 2.05) is 11.3 Å². The zero-order valence-electron chi connectivity index (χ0n) is 12.8. The summed E-state index contributed by atoms with van der Waals surface area (Å²) in [6, 6.07) is 3.04. The van der Waals surface area contributed by atoms with E-state index in [4.69, 9.17) is 0 Å². The van der Waals surface area contributed by atoms with Crippen molar-refractivity contribution in [1.29, 1.82) is 0 Å². The predicted octanol–water partition coefficient (Wildman–Crippen LogP) is 5.38. The van der Waals surface area contributed by atoms with E-state index in [-0.39, 0.29) is 0 Å². The lowest BCUT2D eigenvalue weighted by atomic mass is 9.90. The van der Waals surface area contributed by atoms with Crippen LogP contribution in [0.2, 0.25) is 0 Å². The molecule has 0 radical (unpaired) electrons. The summed E-state index contributed by atoms with van der Waals surface area (Å²) in [4.78, 5) is 3.07. The van der Waals surface area contributed by atoms with Gasteiger partial charge in [-0.15, -0.1) is 11.3 Å². The summed E-state index contributed by atoms with van der Waals surface area (Å²) >= 11 is 2.01. The Morgan fingerprint density at radius 1 is 1.21 bits per heavy atom. The van der Waals surface area contributed by atoms with Crippen LogP contribution in [-0.4, -0.2) is 6.54 Å². The topological polar surface area (TPSA) is 12.0 Å². The minimum Gasteiger partial charge on any atom is -0.309 e. The maximum Gasteiger partial charge on any atom is 0.0443 e. The Kier molecular flexibility index (Phi) is 5.90. The van der Waals surface area contributed by atoms with Crippen molar-refractivity contribution in [2.45, 2.75) is 71.8 Å². The molecule has 1 unspecified atom stereocenters. The lowest BCUT2D eigenvalue weighted by Crippen LogP contribution is -2.28. The normalized spacial score (nSPS) is 19.3. The maximum absolute atomic E-state index is 3.83. The average molecular weight is 279 g/mol. The van der Waals surface area contributed by atoms with E-state index in [9.17, 15) is 0 Å². The Hall–Kier alpha value is -0.340. The molecule has 0 bridgehead atoms. The molecule has 1 aliphatic carbocycles. The molecular formula is C17H29NS. The van der Waals surface area contributed by atoms with Crippen molar-refractivity contribution in [2.24, 2.45) is 5.92 Å². The highest BCUT2D eigenvalue weighted by Gasteiger charge is 2.25. The molecule has 1 nitrogen and oxygen atoms in total. The standard InChI is InChI=1S/C17H29NS/c1-4-11-18-17(15-9-7-5-6-8-10-15)16-12-13(2)14(3)19-16/h12,15,17-18H,4-11H2,1-3H3. The molecule has 19 heavy (non-hydrogen) atoms. The number of nitrogens with one attached hydrogen (secondary N) is 1. The van der Waals surface area contributed by atoms with Crippen LogP contribution in [0.1, 0.15) is 73.2 Å². The number of hydrogen-bond acceptors (Lipinski definition) is 2. The zero-order chi connectivity index (χ0) is 13.7. The second-order valence-electron chi connectivity index (χ2n) is 6.07. The summed E-state index contributed by atoms with van der Waals surface area (Å²) in [6.07, 6.45) is 9.80. The van der Waals surface area contributed by atoms with E-state index < -0.39 is 0 Å². The lowest BCUT2D eigenvalue weighted by Gasteiger charge is -2.26. The van der Waals surface area contributed by atoms with Crippen LogP contribution in [0.4, 0.5) is 0 Å². The van der Waals surface area contributed by atoms with E-state index in [2.05, 4.69) is 32.2 Å². The van der Waals surface area contributed by atoms with E-state index in [1.165, 1.54) is 55.4 Å². The van der Waals surface area contributed by atoms with E-state index in [0.717, 1.165) is 12.5 Å². The van der Waals surface area contributed by atoms with Gasteiger partial charge in [0.1, 0.15) is 0 Å². The number of thiophene rings is 1. The van der Waals surface area contributed by atoms with Gasteiger partial charge in [-0.25, -0.2) is 0 Å². The quantitative estimate of drug-likeness (QED) is 0.714. The first kappa shape index (κ1) is 15.1. The highest BCUT2D eigenvalue weighted by molar-refractivity contribution is 7.12. The predicted molar refractivity (Wildman–Crippen MR) is 86.0 cm³/mol. The molecule has 1 saturated carbocycles. The number of aryl methyl sites for hydroxylation is 2. The molecule has 0 aromatic carbocycles. The largest absolute Gasteiger partial charge is 0.309 e. The highest BCUT2D eigenvalue weighted by atomic mass is 32.1. The summed E-state index contributed by atoms with van der Waals surface area (Å²) in [6.45, 7) is 7.92. The van der Waals surface area contributed by atoms with Gasteiger partial charge in [0, 0.05) is 15.8 Å². The van der Waals surface area contributed by atoms with Gasteiger partial charge in [0.15, 0.2) is 0 Å². The summed E-state index contributed by atoms with van der Waals surface area (Å²) < 4.78 is 0. The van der Waals surface area contributed by atoms with Gasteiger partial charge in [0.05, 0.1) is 0 Å². The van der Waals surface area contributed by atoms with Crippen LogP contribution >= 0.6 is 11.3 Å². The molecule has 2 heteroatoms. The first-order chi connectivity index (χ1) is 9.22. The average Bonchev–Trinajstić information content (AvgIpc) is 2.61. The van der Waals surface area contributed by atoms with Gasteiger partial charge < -0.3 is 5.32 Å². The van der Waals surface area contributed by atoms with Gasteiger partial charge in [-0.1, -0.05) is 32.6 Å². The third-order valence-corrected chi connectivity index (χ3v) is 5.71. The molecule has 0 amide bonds. The Balaban J connectivity index is 2.13. The van der Waals surface area contributed by atoms with Crippen LogP contribution in [0.15, 0.2) is 6.07 Å². The van der Waals surface area contributed by atoms with Crippen molar-refractivity contribution in [2.75, 3.05) is 6.54 Å². The van der Waals surface area contributed by atoms with Crippen molar-refractivity contribution >= 4 is 11.3 Å². The molecule has 1 N–H and O–H groups in total. The van der Waals surface area contributed by atoms with Crippen molar-refractivity contribution in [3.8, 4) is 0 Å². The van der Waals surface area contributed by atoms with Gasteiger partial charge >= 0.3 is 0 Å². The SMILES string of the molecule is CCCNC(c1cc(C)c(C)s1)C1CCCCCC1. The summed E-state index contributed by atoms with van der Waals surface area (Å²) in [5, 5.41) is 3.83. The fourth-order valence-electron chi connectivity index (χ4n) is 3.20. The molecule has 1 atom stereocenters. The van der Waals surface area contributed by atoms with Crippen LogP contribution in [-0.2, 0) is 0 Å². The molecule has 1 heterocycles. The van der Waals surface area contributed by atoms with Crippen LogP contribution < -0.4 is 5.32 Å². The molecule has 0 aliphatic heterocycles. The van der Waals surface area contributed by atoms with Crippen molar-refractivity contribution < 1.29 is 0 Å². The molecular weight excluding hydrogens is 250 g/mol. The molecule has 1 aromatic rings. The third kappa shape index (κ3) is 4.06. The van der Waals surface area contributed by atoms with E-state index in [1.54, 1.807) is 4.88 Å². The minimum absolute atomic E-state index is 0.607. The van der Waals surface area contributed by atoms with Crippen molar-refractivity contribution in [3.63, 3.8) is 0 Å². The van der Waals surface area contributed by atoms with Crippen LogP contribution in [0, 0.1) is 19.8 Å². The van der Waals surface area contributed by atoms with Crippen LogP contribution in [0.25, 0.3) is 0 Å². The Labute approximate surface area is 122 Å². The maximum atomic E-state index is 3.83. The fraction of sp³-hybridized carbons (Fsp3) is 0.765. The molecule has 2 rings (SSSR count). The zero-order valence-corrected chi connectivity index (χ0v) is 13.6. The molecule has 108 valence electrons. The minimum atomic E-state index is 0.607. The monoisotopic (exact) mass is 279 g/mol. The van der Waals surface area contributed by atoms with Crippen molar-refractivity contribution in [1.82, 2.24) is 5.32 Å². The van der Waals surface area contributed by atoms with Crippen LogP contribution in [0.5, 0.6) is 0 Å². The Morgan fingerprint density at radius 3 is 2.42 bits per heavy atom. The van der Waals surface area contributed by atoms with Crippen LogP contribution in [0.3, 0.4) is 0 Å². The first-order valence-electron chi connectivity index (χ1n) is 8.02. The van der Waals surface area contributed by atoms with Crippen molar-refractivity contribution in [3.05, 3.63) is 21.4 Å².